The molecule has 0 atom stereocenters. The molecule has 0 bridgehead atoms. The maximum Gasteiger partial charge on any atom is 0.310 e. The number of carbonyl (C=O) groups excluding carboxylic acids is 1. The number of halogens is 2. The van der Waals surface area contributed by atoms with E-state index < -0.39 is 0 Å². The van der Waals surface area contributed by atoms with Gasteiger partial charge in [-0.1, -0.05) is 27.5 Å². The van der Waals surface area contributed by atoms with E-state index in [2.05, 4.69) is 15.9 Å². The van der Waals surface area contributed by atoms with Gasteiger partial charge in [-0.05, 0) is 48.9 Å². The quantitative estimate of drug-likeness (QED) is 0.727. The van der Waals surface area contributed by atoms with Gasteiger partial charge in [0.05, 0.1) is 19.6 Å². The minimum atomic E-state index is -0.319. The fourth-order valence-electron chi connectivity index (χ4n) is 2.06. The Bertz CT molecular complexity index is 703. The average molecular weight is 400 g/mol. The van der Waals surface area contributed by atoms with E-state index in [-0.39, 0.29) is 19.0 Å². The molecular weight excluding hydrogens is 384 g/mol. The van der Waals surface area contributed by atoms with Gasteiger partial charge in [-0.3, -0.25) is 4.79 Å². The van der Waals surface area contributed by atoms with Crippen LogP contribution in [-0.4, -0.2) is 17.7 Å². The first kappa shape index (κ1) is 17.8. The zero-order chi connectivity index (χ0) is 16.8. The standard InChI is InChI=1S/C17H16BrClO4/c1-2-22-17(21)7-11-5-14(19)9-15(6-11)23-16-4-3-13(18)8-12(16)10-20/h3-6,8-9,20H,2,7,10H2,1H3. The maximum absolute atomic E-state index is 11.6. The summed E-state index contributed by atoms with van der Waals surface area (Å²) in [7, 11) is 0. The van der Waals surface area contributed by atoms with E-state index in [0.29, 0.717) is 34.3 Å². The van der Waals surface area contributed by atoms with Gasteiger partial charge in [0.15, 0.2) is 0 Å². The number of rotatable bonds is 6. The SMILES string of the molecule is CCOC(=O)Cc1cc(Cl)cc(Oc2ccc(Br)cc2CO)c1. The molecule has 0 aliphatic carbocycles. The molecule has 2 rings (SSSR count). The van der Waals surface area contributed by atoms with Crippen LogP contribution in [0.5, 0.6) is 11.5 Å². The van der Waals surface area contributed by atoms with Gasteiger partial charge in [-0.15, -0.1) is 0 Å². The van der Waals surface area contributed by atoms with Crippen LogP contribution in [0.1, 0.15) is 18.1 Å². The lowest BCUT2D eigenvalue weighted by molar-refractivity contribution is -0.142. The van der Waals surface area contributed by atoms with Crippen LogP contribution in [0.2, 0.25) is 5.02 Å². The number of aliphatic hydroxyl groups is 1. The van der Waals surface area contributed by atoms with Crippen LogP contribution < -0.4 is 4.74 Å². The third kappa shape index (κ3) is 5.23. The van der Waals surface area contributed by atoms with Crippen LogP contribution in [0, 0.1) is 0 Å². The molecule has 0 fully saturated rings. The van der Waals surface area contributed by atoms with Gasteiger partial charge in [0.25, 0.3) is 0 Å². The summed E-state index contributed by atoms with van der Waals surface area (Å²) in [6.07, 6.45) is 0.123. The lowest BCUT2D eigenvalue weighted by Gasteiger charge is -2.12. The third-order valence-electron chi connectivity index (χ3n) is 3.01. The molecular formula is C17H16BrClO4. The van der Waals surface area contributed by atoms with Gasteiger partial charge in [0, 0.05) is 15.1 Å². The van der Waals surface area contributed by atoms with E-state index in [1.807, 2.05) is 6.07 Å². The van der Waals surface area contributed by atoms with Crippen molar-refractivity contribution in [3.8, 4) is 11.5 Å². The molecule has 122 valence electrons. The van der Waals surface area contributed by atoms with Crippen molar-refractivity contribution in [2.75, 3.05) is 6.61 Å². The highest BCUT2D eigenvalue weighted by molar-refractivity contribution is 9.10. The van der Waals surface area contributed by atoms with Crippen molar-refractivity contribution in [3.63, 3.8) is 0 Å². The van der Waals surface area contributed by atoms with Crippen molar-refractivity contribution in [2.24, 2.45) is 0 Å². The molecule has 0 aromatic heterocycles. The number of esters is 1. The molecule has 4 nitrogen and oxygen atoms in total. The van der Waals surface area contributed by atoms with Gasteiger partial charge in [0.1, 0.15) is 11.5 Å². The Labute approximate surface area is 148 Å². The predicted octanol–water partition coefficient (Wildman–Crippen LogP) is 4.49. The Morgan fingerprint density at radius 1 is 1.26 bits per heavy atom. The molecule has 0 saturated heterocycles. The topological polar surface area (TPSA) is 55.8 Å². The fraction of sp³-hybridized carbons (Fsp3) is 0.235. The van der Waals surface area contributed by atoms with Crippen LogP contribution in [0.25, 0.3) is 0 Å². The Hall–Kier alpha value is -1.56. The summed E-state index contributed by atoms with van der Waals surface area (Å²) < 4.78 is 11.6. The first-order valence-corrected chi connectivity index (χ1v) is 8.21. The normalized spacial score (nSPS) is 10.4. The van der Waals surface area contributed by atoms with Crippen molar-refractivity contribution in [1.82, 2.24) is 0 Å². The summed E-state index contributed by atoms with van der Waals surface area (Å²) in [5.41, 5.74) is 1.35. The monoisotopic (exact) mass is 398 g/mol. The zero-order valence-electron chi connectivity index (χ0n) is 12.5. The smallest absolute Gasteiger partial charge is 0.310 e. The number of ether oxygens (including phenoxy) is 2. The minimum absolute atomic E-state index is 0.123. The first-order chi connectivity index (χ1) is 11.0. The number of hydrogen-bond acceptors (Lipinski definition) is 4. The second-order valence-electron chi connectivity index (χ2n) is 4.79. The van der Waals surface area contributed by atoms with E-state index in [9.17, 15) is 9.90 Å². The second kappa shape index (κ2) is 8.34. The zero-order valence-corrected chi connectivity index (χ0v) is 14.9. The Balaban J connectivity index is 2.23. The summed E-state index contributed by atoms with van der Waals surface area (Å²) in [4.78, 5) is 11.6. The van der Waals surface area contributed by atoms with E-state index in [4.69, 9.17) is 21.1 Å². The van der Waals surface area contributed by atoms with Crippen molar-refractivity contribution < 1.29 is 19.4 Å². The maximum atomic E-state index is 11.6. The summed E-state index contributed by atoms with van der Waals surface area (Å²) in [5, 5.41) is 9.88. The average Bonchev–Trinajstić information content (AvgIpc) is 2.48. The van der Waals surface area contributed by atoms with Gasteiger partial charge in [0.2, 0.25) is 0 Å². The number of hydrogen-bond donors (Lipinski definition) is 1. The van der Waals surface area contributed by atoms with Gasteiger partial charge >= 0.3 is 5.97 Å². The molecule has 2 aromatic carbocycles. The Kier molecular flexibility index (Phi) is 6.45. The van der Waals surface area contributed by atoms with Gasteiger partial charge < -0.3 is 14.6 Å². The Morgan fingerprint density at radius 2 is 2.04 bits per heavy atom. The summed E-state index contributed by atoms with van der Waals surface area (Å²) >= 11 is 9.44. The molecule has 6 heteroatoms. The second-order valence-corrected chi connectivity index (χ2v) is 6.14. The van der Waals surface area contributed by atoms with Crippen molar-refractivity contribution in [1.29, 1.82) is 0 Å². The molecule has 0 aliphatic rings. The third-order valence-corrected chi connectivity index (χ3v) is 3.72. The highest BCUT2D eigenvalue weighted by Crippen LogP contribution is 2.30. The number of benzene rings is 2. The Morgan fingerprint density at radius 3 is 2.74 bits per heavy atom. The van der Waals surface area contributed by atoms with Crippen LogP contribution in [0.15, 0.2) is 40.9 Å². The molecule has 23 heavy (non-hydrogen) atoms. The fourth-order valence-corrected chi connectivity index (χ4v) is 2.71. The van der Waals surface area contributed by atoms with E-state index >= 15 is 0 Å². The molecule has 0 unspecified atom stereocenters. The molecule has 0 spiro atoms. The highest BCUT2D eigenvalue weighted by atomic mass is 79.9. The minimum Gasteiger partial charge on any atom is -0.466 e. The van der Waals surface area contributed by atoms with Gasteiger partial charge in [-0.2, -0.15) is 0 Å². The molecule has 0 heterocycles. The summed E-state index contributed by atoms with van der Waals surface area (Å²) in [5.74, 6) is 0.703. The van der Waals surface area contributed by atoms with E-state index in [1.165, 1.54) is 0 Å². The number of aliphatic hydroxyl groups excluding tert-OH is 1. The van der Waals surface area contributed by atoms with E-state index in [0.717, 1.165) is 4.47 Å². The largest absolute Gasteiger partial charge is 0.466 e. The molecule has 0 aliphatic heterocycles. The molecule has 0 radical (unpaired) electrons. The van der Waals surface area contributed by atoms with Crippen LogP contribution in [-0.2, 0) is 22.6 Å². The summed E-state index contributed by atoms with van der Waals surface area (Å²) in [6, 6.07) is 10.4. The van der Waals surface area contributed by atoms with Crippen LogP contribution >= 0.6 is 27.5 Å². The molecule has 0 saturated carbocycles. The van der Waals surface area contributed by atoms with Crippen molar-refractivity contribution in [2.45, 2.75) is 20.0 Å². The van der Waals surface area contributed by atoms with Gasteiger partial charge in [-0.25, -0.2) is 0 Å². The number of carbonyl (C=O) groups is 1. The molecule has 1 N–H and O–H groups in total. The summed E-state index contributed by atoms with van der Waals surface area (Å²) in [6.45, 7) is 1.95. The molecule has 0 amide bonds. The highest BCUT2D eigenvalue weighted by Gasteiger charge is 2.10. The van der Waals surface area contributed by atoms with Crippen molar-refractivity contribution >= 4 is 33.5 Å². The first-order valence-electron chi connectivity index (χ1n) is 7.04. The van der Waals surface area contributed by atoms with Crippen LogP contribution in [0.4, 0.5) is 0 Å². The van der Waals surface area contributed by atoms with Crippen LogP contribution in [0.3, 0.4) is 0 Å². The lowest BCUT2D eigenvalue weighted by atomic mass is 10.1. The lowest BCUT2D eigenvalue weighted by Crippen LogP contribution is -2.07. The molecule has 2 aromatic rings. The van der Waals surface area contributed by atoms with E-state index in [1.54, 1.807) is 37.3 Å². The predicted molar refractivity (Wildman–Crippen MR) is 91.9 cm³/mol. The van der Waals surface area contributed by atoms with Crippen molar-refractivity contribution in [3.05, 3.63) is 57.0 Å².